The Labute approximate surface area is 126 Å². The molecule has 1 N–H and O–H groups in total. The molecule has 0 amide bonds. The van der Waals surface area contributed by atoms with Gasteiger partial charge < -0.3 is 14.8 Å². The highest BCUT2D eigenvalue weighted by atomic mass is 16.5. The Morgan fingerprint density at radius 1 is 1.14 bits per heavy atom. The molecule has 1 aromatic carbocycles. The molecule has 2 aromatic rings. The predicted molar refractivity (Wildman–Crippen MR) is 83.5 cm³/mol. The Kier molecular flexibility index (Phi) is 5.58. The lowest BCUT2D eigenvalue weighted by Gasteiger charge is -2.17. The molecule has 0 spiro atoms. The zero-order chi connectivity index (χ0) is 15.1. The molecule has 1 heterocycles. The molecule has 0 aliphatic carbocycles. The first-order valence-electron chi connectivity index (χ1n) is 7.13. The fourth-order valence-corrected chi connectivity index (χ4v) is 2.07. The minimum Gasteiger partial charge on any atom is -0.493 e. The van der Waals surface area contributed by atoms with Gasteiger partial charge >= 0.3 is 0 Å². The molecule has 1 aromatic heterocycles. The van der Waals surface area contributed by atoms with Gasteiger partial charge in [-0.15, -0.1) is 0 Å². The fourth-order valence-electron chi connectivity index (χ4n) is 2.07. The number of para-hydroxylation sites is 1. The molecule has 4 nitrogen and oxygen atoms in total. The highest BCUT2D eigenvalue weighted by Crippen LogP contribution is 2.31. The number of nitrogens with one attached hydrogen (secondary N) is 1. The van der Waals surface area contributed by atoms with Crippen LogP contribution in [0.2, 0.25) is 0 Å². The van der Waals surface area contributed by atoms with E-state index in [1.165, 1.54) is 0 Å². The van der Waals surface area contributed by atoms with Gasteiger partial charge in [-0.1, -0.05) is 18.2 Å². The molecule has 21 heavy (non-hydrogen) atoms. The monoisotopic (exact) mass is 286 g/mol. The van der Waals surface area contributed by atoms with Gasteiger partial charge in [0.1, 0.15) is 0 Å². The lowest BCUT2D eigenvalue weighted by atomic mass is 10.1. The molecule has 0 unspecified atom stereocenters. The van der Waals surface area contributed by atoms with Crippen LogP contribution in [0, 0.1) is 0 Å². The molecule has 0 aliphatic heterocycles. The summed E-state index contributed by atoms with van der Waals surface area (Å²) < 4.78 is 11.3. The average molecular weight is 286 g/mol. The maximum atomic E-state index is 5.89. The Hall–Kier alpha value is -2.07. The molecule has 0 radical (unpaired) electrons. The van der Waals surface area contributed by atoms with Crippen LogP contribution in [0.3, 0.4) is 0 Å². The van der Waals surface area contributed by atoms with Gasteiger partial charge in [-0.25, -0.2) is 0 Å². The van der Waals surface area contributed by atoms with E-state index >= 15 is 0 Å². The van der Waals surface area contributed by atoms with Crippen molar-refractivity contribution < 1.29 is 9.47 Å². The summed E-state index contributed by atoms with van der Waals surface area (Å²) in [5.74, 6) is 1.58. The smallest absolute Gasteiger partial charge is 0.166 e. The molecule has 0 fully saturated rings. The van der Waals surface area contributed by atoms with Crippen molar-refractivity contribution in [2.45, 2.75) is 33.0 Å². The van der Waals surface area contributed by atoms with Crippen LogP contribution < -0.4 is 14.8 Å². The van der Waals surface area contributed by atoms with Gasteiger partial charge in [0.25, 0.3) is 0 Å². The molecule has 112 valence electrons. The molecule has 0 aliphatic rings. The first kappa shape index (κ1) is 15.3. The van der Waals surface area contributed by atoms with Crippen LogP contribution in [-0.2, 0) is 13.1 Å². The Bertz CT molecular complexity index is 556. The molecule has 2 rings (SSSR count). The summed E-state index contributed by atoms with van der Waals surface area (Å²) >= 11 is 0. The number of pyridine rings is 1. The molecular formula is C17H22N2O2. The Morgan fingerprint density at radius 3 is 2.67 bits per heavy atom. The number of ether oxygens (including phenoxy) is 2. The zero-order valence-corrected chi connectivity index (χ0v) is 12.8. The van der Waals surface area contributed by atoms with Crippen molar-refractivity contribution in [2.24, 2.45) is 0 Å². The van der Waals surface area contributed by atoms with Gasteiger partial charge in [0, 0.05) is 31.0 Å². The van der Waals surface area contributed by atoms with Gasteiger partial charge in [-0.05, 0) is 31.5 Å². The predicted octanol–water partition coefficient (Wildman–Crippen LogP) is 3.17. The molecular weight excluding hydrogens is 264 g/mol. The van der Waals surface area contributed by atoms with E-state index in [0.717, 1.165) is 29.2 Å². The third-order valence-corrected chi connectivity index (χ3v) is 3.00. The highest BCUT2D eigenvalue weighted by molar-refractivity contribution is 5.46. The van der Waals surface area contributed by atoms with E-state index in [0.29, 0.717) is 6.54 Å². The number of rotatable bonds is 7. The van der Waals surface area contributed by atoms with E-state index < -0.39 is 0 Å². The number of hydrogen-bond donors (Lipinski definition) is 1. The summed E-state index contributed by atoms with van der Waals surface area (Å²) in [6.07, 6.45) is 3.75. The van der Waals surface area contributed by atoms with Gasteiger partial charge in [0.05, 0.1) is 13.2 Å². The third kappa shape index (κ3) is 4.46. The lowest BCUT2D eigenvalue weighted by Crippen LogP contribution is -2.15. The fraction of sp³-hybridized carbons (Fsp3) is 0.353. The van der Waals surface area contributed by atoms with Gasteiger partial charge in [-0.2, -0.15) is 0 Å². The van der Waals surface area contributed by atoms with E-state index in [1.807, 2.05) is 38.2 Å². The standard InChI is InChI=1S/C17H22N2O2/c1-13(2)21-17-15(7-4-8-16(17)20-3)12-19-11-14-6-5-9-18-10-14/h4-10,13,19H,11-12H2,1-3H3. The van der Waals surface area contributed by atoms with E-state index in [1.54, 1.807) is 13.3 Å². The topological polar surface area (TPSA) is 43.4 Å². The summed E-state index contributed by atoms with van der Waals surface area (Å²) in [5.41, 5.74) is 2.25. The maximum absolute atomic E-state index is 5.89. The van der Waals surface area contributed by atoms with Gasteiger partial charge in [0.15, 0.2) is 11.5 Å². The van der Waals surface area contributed by atoms with Gasteiger partial charge in [0.2, 0.25) is 0 Å². The second-order valence-corrected chi connectivity index (χ2v) is 5.08. The number of benzene rings is 1. The van der Waals surface area contributed by atoms with Crippen LogP contribution in [0.5, 0.6) is 11.5 Å². The van der Waals surface area contributed by atoms with Crippen LogP contribution >= 0.6 is 0 Å². The maximum Gasteiger partial charge on any atom is 0.166 e. The summed E-state index contributed by atoms with van der Waals surface area (Å²) in [5, 5.41) is 3.41. The first-order valence-corrected chi connectivity index (χ1v) is 7.13. The SMILES string of the molecule is COc1cccc(CNCc2cccnc2)c1OC(C)C. The molecule has 0 saturated heterocycles. The minimum atomic E-state index is 0.110. The van der Waals surface area contributed by atoms with E-state index in [-0.39, 0.29) is 6.10 Å². The van der Waals surface area contributed by atoms with Crippen LogP contribution in [0.25, 0.3) is 0 Å². The van der Waals surface area contributed by atoms with E-state index in [9.17, 15) is 0 Å². The van der Waals surface area contributed by atoms with Crippen LogP contribution in [0.4, 0.5) is 0 Å². The van der Waals surface area contributed by atoms with Crippen molar-refractivity contribution in [3.63, 3.8) is 0 Å². The molecule has 0 saturated carbocycles. The summed E-state index contributed by atoms with van der Waals surface area (Å²) in [6, 6.07) is 9.94. The number of aromatic nitrogens is 1. The minimum absolute atomic E-state index is 0.110. The summed E-state index contributed by atoms with van der Waals surface area (Å²) in [6.45, 7) is 5.51. The van der Waals surface area contributed by atoms with Crippen molar-refractivity contribution in [1.82, 2.24) is 10.3 Å². The number of methoxy groups -OCH3 is 1. The summed E-state index contributed by atoms with van der Waals surface area (Å²) in [4.78, 5) is 4.11. The molecule has 0 atom stereocenters. The van der Waals surface area contributed by atoms with Crippen molar-refractivity contribution in [3.8, 4) is 11.5 Å². The normalized spacial score (nSPS) is 10.7. The van der Waals surface area contributed by atoms with Crippen molar-refractivity contribution in [2.75, 3.05) is 7.11 Å². The average Bonchev–Trinajstić information content (AvgIpc) is 2.49. The molecule has 0 bridgehead atoms. The van der Waals surface area contributed by atoms with Crippen LogP contribution in [-0.4, -0.2) is 18.2 Å². The van der Waals surface area contributed by atoms with E-state index in [4.69, 9.17) is 9.47 Å². The highest BCUT2D eigenvalue weighted by Gasteiger charge is 2.11. The quantitative estimate of drug-likeness (QED) is 0.849. The Morgan fingerprint density at radius 2 is 2.00 bits per heavy atom. The van der Waals surface area contributed by atoms with Gasteiger partial charge in [-0.3, -0.25) is 4.98 Å². The van der Waals surface area contributed by atoms with Crippen molar-refractivity contribution >= 4 is 0 Å². The largest absolute Gasteiger partial charge is 0.493 e. The van der Waals surface area contributed by atoms with Crippen LogP contribution in [0.1, 0.15) is 25.0 Å². The Balaban J connectivity index is 2.05. The second kappa shape index (κ2) is 7.64. The number of hydrogen-bond acceptors (Lipinski definition) is 4. The first-order chi connectivity index (χ1) is 10.2. The molecule has 4 heteroatoms. The zero-order valence-electron chi connectivity index (χ0n) is 12.8. The van der Waals surface area contributed by atoms with Crippen molar-refractivity contribution in [1.29, 1.82) is 0 Å². The summed E-state index contributed by atoms with van der Waals surface area (Å²) in [7, 11) is 1.66. The number of nitrogens with zero attached hydrogens (tertiary/aromatic N) is 1. The third-order valence-electron chi connectivity index (χ3n) is 3.00. The van der Waals surface area contributed by atoms with Crippen molar-refractivity contribution in [3.05, 3.63) is 53.9 Å². The lowest BCUT2D eigenvalue weighted by molar-refractivity contribution is 0.227. The van der Waals surface area contributed by atoms with E-state index in [2.05, 4.69) is 22.4 Å². The van der Waals surface area contributed by atoms with Crippen LogP contribution in [0.15, 0.2) is 42.7 Å². The second-order valence-electron chi connectivity index (χ2n) is 5.08.